The molecule has 2 heterocycles. The maximum Gasteiger partial charge on any atom is 0.223 e. The van der Waals surface area contributed by atoms with Crippen molar-refractivity contribution in [2.75, 3.05) is 19.6 Å². The zero-order valence-corrected chi connectivity index (χ0v) is 11.1. The van der Waals surface area contributed by atoms with E-state index >= 15 is 0 Å². The zero-order valence-electron chi connectivity index (χ0n) is 11.1. The average molecular weight is 250 g/mol. The van der Waals surface area contributed by atoms with Crippen LogP contribution < -0.4 is 5.32 Å². The largest absolute Gasteiger partial charge is 0.343 e. The summed E-state index contributed by atoms with van der Waals surface area (Å²) >= 11 is 0. The molecule has 1 amide bonds. The Morgan fingerprint density at radius 1 is 1.39 bits per heavy atom. The molecule has 1 aromatic rings. The van der Waals surface area contributed by atoms with Crippen molar-refractivity contribution in [2.45, 2.75) is 32.2 Å². The van der Waals surface area contributed by atoms with Crippen molar-refractivity contribution >= 4 is 5.91 Å². The van der Waals surface area contributed by atoms with Gasteiger partial charge in [0.1, 0.15) is 0 Å². The van der Waals surface area contributed by atoms with Crippen molar-refractivity contribution in [1.82, 2.24) is 20.0 Å². The van der Waals surface area contributed by atoms with Gasteiger partial charge >= 0.3 is 0 Å². The van der Waals surface area contributed by atoms with Gasteiger partial charge in [-0.1, -0.05) is 0 Å². The van der Waals surface area contributed by atoms with Crippen LogP contribution in [-0.4, -0.2) is 40.2 Å². The van der Waals surface area contributed by atoms with Gasteiger partial charge in [-0.3, -0.25) is 9.48 Å². The summed E-state index contributed by atoms with van der Waals surface area (Å²) in [6.45, 7) is 3.41. The van der Waals surface area contributed by atoms with Crippen LogP contribution in [0.25, 0.3) is 0 Å². The van der Waals surface area contributed by atoms with Crippen molar-refractivity contribution in [1.29, 1.82) is 0 Å². The number of carbonyl (C=O) groups excluding carboxylic acids is 1. The minimum Gasteiger partial charge on any atom is -0.343 e. The van der Waals surface area contributed by atoms with Crippen LogP contribution in [0.3, 0.4) is 0 Å². The number of hydrogen-bond donors (Lipinski definition) is 1. The lowest BCUT2D eigenvalue weighted by molar-refractivity contribution is -0.131. The van der Waals surface area contributed by atoms with E-state index in [-0.39, 0.29) is 5.91 Å². The molecule has 0 aliphatic carbocycles. The van der Waals surface area contributed by atoms with E-state index in [2.05, 4.69) is 10.4 Å². The lowest BCUT2D eigenvalue weighted by Crippen LogP contribution is -2.37. The van der Waals surface area contributed by atoms with Gasteiger partial charge in [0.05, 0.1) is 6.20 Å². The van der Waals surface area contributed by atoms with Crippen molar-refractivity contribution in [2.24, 2.45) is 7.05 Å². The molecular weight excluding hydrogens is 228 g/mol. The summed E-state index contributed by atoms with van der Waals surface area (Å²) in [4.78, 5) is 13.9. The Kier molecular flexibility index (Phi) is 4.75. The van der Waals surface area contributed by atoms with Gasteiger partial charge in [-0.2, -0.15) is 5.10 Å². The van der Waals surface area contributed by atoms with E-state index in [1.807, 2.05) is 24.3 Å². The standard InChI is InChI=1S/C13H22N4O/c1-16-11-12(10-15-16)9-14-6-5-13(18)17-7-3-2-4-8-17/h10-11,14H,2-9H2,1H3. The molecule has 2 rings (SSSR count). The first-order valence-electron chi connectivity index (χ1n) is 6.72. The Morgan fingerprint density at radius 3 is 2.83 bits per heavy atom. The van der Waals surface area contributed by atoms with Gasteiger partial charge in [0.15, 0.2) is 0 Å². The molecule has 100 valence electrons. The number of aromatic nitrogens is 2. The van der Waals surface area contributed by atoms with Crippen molar-refractivity contribution in [3.05, 3.63) is 18.0 Å². The molecule has 18 heavy (non-hydrogen) atoms. The van der Waals surface area contributed by atoms with Crippen LogP contribution in [0.4, 0.5) is 0 Å². The van der Waals surface area contributed by atoms with Crippen LogP contribution in [0.2, 0.25) is 0 Å². The Balaban J connectivity index is 1.61. The summed E-state index contributed by atoms with van der Waals surface area (Å²) in [5.74, 6) is 0.286. The van der Waals surface area contributed by atoms with Crippen LogP contribution in [0.1, 0.15) is 31.2 Å². The molecule has 5 nitrogen and oxygen atoms in total. The fourth-order valence-electron chi connectivity index (χ4n) is 2.29. The number of rotatable bonds is 5. The van der Waals surface area contributed by atoms with Crippen molar-refractivity contribution < 1.29 is 4.79 Å². The van der Waals surface area contributed by atoms with E-state index in [9.17, 15) is 4.79 Å². The molecule has 0 unspecified atom stereocenters. The lowest BCUT2D eigenvalue weighted by Gasteiger charge is -2.26. The van der Waals surface area contributed by atoms with Gasteiger partial charge < -0.3 is 10.2 Å². The number of hydrogen-bond acceptors (Lipinski definition) is 3. The van der Waals surface area contributed by atoms with E-state index in [4.69, 9.17) is 0 Å². The first-order valence-corrected chi connectivity index (χ1v) is 6.72. The topological polar surface area (TPSA) is 50.2 Å². The Labute approximate surface area is 108 Å². The van der Waals surface area contributed by atoms with Gasteiger partial charge in [-0.05, 0) is 19.3 Å². The van der Waals surface area contributed by atoms with Crippen LogP contribution >= 0.6 is 0 Å². The molecule has 5 heteroatoms. The summed E-state index contributed by atoms with van der Waals surface area (Å²) < 4.78 is 1.79. The molecule has 0 atom stereocenters. The SMILES string of the molecule is Cn1cc(CNCCC(=O)N2CCCCC2)cn1. The van der Waals surface area contributed by atoms with Gasteiger partial charge in [0.2, 0.25) is 5.91 Å². The number of amides is 1. The molecular formula is C13H22N4O. The normalized spacial score (nSPS) is 15.9. The fraction of sp³-hybridized carbons (Fsp3) is 0.692. The minimum absolute atomic E-state index is 0.286. The molecule has 0 saturated carbocycles. The van der Waals surface area contributed by atoms with E-state index in [1.54, 1.807) is 4.68 Å². The second kappa shape index (κ2) is 6.54. The molecule has 1 fully saturated rings. The summed E-state index contributed by atoms with van der Waals surface area (Å²) in [7, 11) is 1.91. The maximum atomic E-state index is 11.9. The highest BCUT2D eigenvalue weighted by Crippen LogP contribution is 2.09. The number of likely N-dealkylation sites (tertiary alicyclic amines) is 1. The van der Waals surface area contributed by atoms with E-state index in [0.29, 0.717) is 6.42 Å². The third-order valence-electron chi connectivity index (χ3n) is 3.31. The molecule has 1 saturated heterocycles. The number of nitrogens with zero attached hydrogens (tertiary/aromatic N) is 3. The molecule has 0 spiro atoms. The molecule has 0 radical (unpaired) electrons. The monoisotopic (exact) mass is 250 g/mol. The quantitative estimate of drug-likeness (QED) is 0.790. The first kappa shape index (κ1) is 13.1. The highest BCUT2D eigenvalue weighted by molar-refractivity contribution is 5.76. The van der Waals surface area contributed by atoms with Crippen LogP contribution in [-0.2, 0) is 18.4 Å². The van der Waals surface area contributed by atoms with Gasteiger partial charge in [0.25, 0.3) is 0 Å². The highest BCUT2D eigenvalue weighted by atomic mass is 16.2. The third-order valence-corrected chi connectivity index (χ3v) is 3.31. The first-order chi connectivity index (χ1) is 8.75. The smallest absolute Gasteiger partial charge is 0.223 e. The Bertz CT molecular complexity index is 382. The molecule has 1 N–H and O–H groups in total. The third kappa shape index (κ3) is 3.84. The van der Waals surface area contributed by atoms with E-state index < -0.39 is 0 Å². The van der Waals surface area contributed by atoms with Gasteiger partial charge in [-0.15, -0.1) is 0 Å². The van der Waals surface area contributed by atoms with Crippen LogP contribution in [0.15, 0.2) is 12.4 Å². The molecule has 1 aromatic heterocycles. The molecule has 1 aliphatic rings. The summed E-state index contributed by atoms with van der Waals surface area (Å²) in [6, 6.07) is 0. The van der Waals surface area contributed by atoms with Crippen LogP contribution in [0, 0.1) is 0 Å². The summed E-state index contributed by atoms with van der Waals surface area (Å²) in [6.07, 6.45) is 8.02. The number of piperidine rings is 1. The predicted octanol–water partition coefficient (Wildman–Crippen LogP) is 0.912. The number of carbonyl (C=O) groups is 1. The van der Waals surface area contributed by atoms with Crippen molar-refractivity contribution in [3.8, 4) is 0 Å². The zero-order chi connectivity index (χ0) is 12.8. The van der Waals surface area contributed by atoms with Crippen LogP contribution in [0.5, 0.6) is 0 Å². The fourth-order valence-corrected chi connectivity index (χ4v) is 2.29. The Morgan fingerprint density at radius 2 is 2.17 bits per heavy atom. The number of aryl methyl sites for hydroxylation is 1. The molecule has 1 aliphatic heterocycles. The second-order valence-electron chi connectivity index (χ2n) is 4.89. The maximum absolute atomic E-state index is 11.9. The molecule has 0 aromatic carbocycles. The lowest BCUT2D eigenvalue weighted by atomic mass is 10.1. The van der Waals surface area contributed by atoms with E-state index in [0.717, 1.165) is 44.6 Å². The average Bonchev–Trinajstić information content (AvgIpc) is 2.81. The van der Waals surface area contributed by atoms with Gasteiger partial charge in [0, 0.05) is 51.4 Å². The van der Waals surface area contributed by atoms with E-state index in [1.165, 1.54) is 6.42 Å². The minimum atomic E-state index is 0.286. The molecule has 0 bridgehead atoms. The predicted molar refractivity (Wildman–Crippen MR) is 70.0 cm³/mol. The van der Waals surface area contributed by atoms with Gasteiger partial charge in [-0.25, -0.2) is 0 Å². The Hall–Kier alpha value is -1.36. The summed E-state index contributed by atoms with van der Waals surface area (Å²) in [5, 5.41) is 7.39. The number of nitrogens with one attached hydrogen (secondary N) is 1. The van der Waals surface area contributed by atoms with Crippen molar-refractivity contribution in [3.63, 3.8) is 0 Å². The second-order valence-corrected chi connectivity index (χ2v) is 4.89. The highest BCUT2D eigenvalue weighted by Gasteiger charge is 2.15. The summed E-state index contributed by atoms with van der Waals surface area (Å²) in [5.41, 5.74) is 1.16.